The Kier molecular flexibility index (Phi) is 6.41. The second-order valence-corrected chi connectivity index (χ2v) is 6.06. The van der Waals surface area contributed by atoms with Crippen LogP contribution in [0, 0.1) is 0 Å². The Morgan fingerprint density at radius 3 is 2.75 bits per heavy atom. The van der Waals surface area contributed by atoms with E-state index in [0.717, 1.165) is 19.3 Å². The first kappa shape index (κ1) is 18.0. The van der Waals surface area contributed by atoms with Crippen molar-refractivity contribution in [3.8, 4) is 11.5 Å². The summed E-state index contributed by atoms with van der Waals surface area (Å²) in [6, 6.07) is 2.98. The third kappa shape index (κ3) is 4.85. The molecule has 0 amide bonds. The van der Waals surface area contributed by atoms with Gasteiger partial charge in [-0.15, -0.1) is 0 Å². The van der Waals surface area contributed by atoms with Gasteiger partial charge in [-0.25, -0.2) is 4.79 Å². The van der Waals surface area contributed by atoms with Crippen molar-refractivity contribution in [3.63, 3.8) is 0 Å². The quantitative estimate of drug-likeness (QED) is 0.628. The zero-order chi connectivity index (χ0) is 17.5. The average molecular weight is 332 g/mol. The number of fused-ring (bicyclic) bond motifs is 1. The Bertz CT molecular complexity index is 633. The standard InChI is InChI=1S/C19H24O5/c1-13-8-6-4-3-5-7-9-15(20)10-14-11-16(23-2)12-17(21)18(14)19(22)24-13/h4,6,11-13,21H,3,5,7-10H2,1-2H3/b6-4+/t13-/m1/s1. The molecule has 0 spiro atoms. The van der Waals surface area contributed by atoms with E-state index in [1.165, 1.54) is 13.2 Å². The minimum absolute atomic E-state index is 0.0331. The highest BCUT2D eigenvalue weighted by molar-refractivity contribution is 5.96. The van der Waals surface area contributed by atoms with E-state index in [2.05, 4.69) is 6.08 Å². The van der Waals surface area contributed by atoms with Gasteiger partial charge in [0.1, 0.15) is 28.9 Å². The van der Waals surface area contributed by atoms with Gasteiger partial charge in [-0.3, -0.25) is 4.79 Å². The van der Waals surface area contributed by atoms with Crippen LogP contribution in [-0.4, -0.2) is 30.1 Å². The summed E-state index contributed by atoms with van der Waals surface area (Å²) in [5.74, 6) is -0.400. The molecule has 0 unspecified atom stereocenters. The van der Waals surface area contributed by atoms with Crippen molar-refractivity contribution in [1.29, 1.82) is 0 Å². The first-order chi connectivity index (χ1) is 11.5. The van der Waals surface area contributed by atoms with Gasteiger partial charge in [0.2, 0.25) is 0 Å². The topological polar surface area (TPSA) is 72.8 Å². The summed E-state index contributed by atoms with van der Waals surface area (Å²) in [5.41, 5.74) is 0.499. The highest BCUT2D eigenvalue weighted by Crippen LogP contribution is 2.30. The number of carbonyl (C=O) groups excluding carboxylic acids is 2. The third-order valence-corrected chi connectivity index (χ3v) is 4.02. The van der Waals surface area contributed by atoms with Crippen molar-refractivity contribution in [1.82, 2.24) is 0 Å². The van der Waals surface area contributed by atoms with Gasteiger partial charge < -0.3 is 14.6 Å². The molecular formula is C19H24O5. The van der Waals surface area contributed by atoms with Crippen LogP contribution in [0.2, 0.25) is 0 Å². The molecule has 1 aliphatic heterocycles. The fourth-order valence-corrected chi connectivity index (χ4v) is 2.73. The van der Waals surface area contributed by atoms with Crippen molar-refractivity contribution in [3.05, 3.63) is 35.4 Å². The fourth-order valence-electron chi connectivity index (χ4n) is 2.73. The molecule has 0 aliphatic carbocycles. The molecule has 2 rings (SSSR count). The number of ether oxygens (including phenoxy) is 2. The smallest absolute Gasteiger partial charge is 0.342 e. The zero-order valence-corrected chi connectivity index (χ0v) is 14.2. The van der Waals surface area contributed by atoms with E-state index in [-0.39, 0.29) is 29.6 Å². The molecule has 0 bridgehead atoms. The second kappa shape index (κ2) is 8.52. The number of hydrogen-bond donors (Lipinski definition) is 1. The maximum atomic E-state index is 12.5. The summed E-state index contributed by atoms with van der Waals surface area (Å²) >= 11 is 0. The predicted molar refractivity (Wildman–Crippen MR) is 90.5 cm³/mol. The summed E-state index contributed by atoms with van der Waals surface area (Å²) < 4.78 is 10.5. The number of phenolic OH excluding ortho intramolecular Hbond substituents is 1. The van der Waals surface area contributed by atoms with Gasteiger partial charge in [0.25, 0.3) is 0 Å². The number of allylic oxidation sites excluding steroid dienone is 1. The molecular weight excluding hydrogens is 308 g/mol. The van der Waals surface area contributed by atoms with E-state index in [9.17, 15) is 14.7 Å². The largest absolute Gasteiger partial charge is 0.507 e. The molecule has 130 valence electrons. The van der Waals surface area contributed by atoms with Gasteiger partial charge in [0.15, 0.2) is 0 Å². The van der Waals surface area contributed by atoms with Crippen LogP contribution in [0.3, 0.4) is 0 Å². The van der Waals surface area contributed by atoms with Gasteiger partial charge >= 0.3 is 5.97 Å². The molecule has 5 nitrogen and oxygen atoms in total. The van der Waals surface area contributed by atoms with Gasteiger partial charge in [0, 0.05) is 25.3 Å². The van der Waals surface area contributed by atoms with Crippen LogP contribution in [0.15, 0.2) is 24.3 Å². The van der Waals surface area contributed by atoms with Crippen molar-refractivity contribution in [2.24, 2.45) is 0 Å². The third-order valence-electron chi connectivity index (χ3n) is 4.02. The molecule has 0 radical (unpaired) electrons. The number of phenols is 1. The maximum Gasteiger partial charge on any atom is 0.342 e. The van der Waals surface area contributed by atoms with Crippen LogP contribution in [0.1, 0.15) is 54.9 Å². The number of cyclic esters (lactones) is 1. The number of methoxy groups -OCH3 is 1. The first-order valence-electron chi connectivity index (χ1n) is 8.28. The normalized spacial score (nSPS) is 21.3. The second-order valence-electron chi connectivity index (χ2n) is 6.06. The molecule has 1 heterocycles. The summed E-state index contributed by atoms with van der Waals surface area (Å²) in [6.07, 6.45) is 7.58. The molecule has 1 aromatic rings. The van der Waals surface area contributed by atoms with E-state index in [1.807, 2.05) is 6.08 Å². The van der Waals surface area contributed by atoms with E-state index in [0.29, 0.717) is 24.2 Å². The molecule has 0 saturated heterocycles. The fraction of sp³-hybridized carbons (Fsp3) is 0.474. The molecule has 1 atom stereocenters. The van der Waals surface area contributed by atoms with E-state index in [1.54, 1.807) is 13.0 Å². The molecule has 1 N–H and O–H groups in total. The highest BCUT2D eigenvalue weighted by atomic mass is 16.5. The van der Waals surface area contributed by atoms with Crippen LogP contribution in [0.5, 0.6) is 11.5 Å². The number of hydrogen-bond acceptors (Lipinski definition) is 5. The number of aromatic hydroxyl groups is 1. The predicted octanol–water partition coefficient (Wildman–Crippen LogP) is 3.58. The number of carbonyl (C=O) groups is 2. The van der Waals surface area contributed by atoms with Gasteiger partial charge in [-0.1, -0.05) is 12.2 Å². The summed E-state index contributed by atoms with van der Waals surface area (Å²) in [5, 5.41) is 10.2. The lowest BCUT2D eigenvalue weighted by molar-refractivity contribution is -0.118. The van der Waals surface area contributed by atoms with E-state index >= 15 is 0 Å². The van der Waals surface area contributed by atoms with Crippen LogP contribution < -0.4 is 4.74 Å². The maximum absolute atomic E-state index is 12.5. The van der Waals surface area contributed by atoms with E-state index in [4.69, 9.17) is 9.47 Å². The Balaban J connectivity index is 2.37. The minimum Gasteiger partial charge on any atom is -0.507 e. The Morgan fingerprint density at radius 1 is 1.21 bits per heavy atom. The van der Waals surface area contributed by atoms with Crippen molar-refractivity contribution in [2.45, 2.75) is 51.6 Å². The summed E-state index contributed by atoms with van der Waals surface area (Å²) in [7, 11) is 1.47. The molecule has 1 aromatic carbocycles. The van der Waals surface area contributed by atoms with Crippen molar-refractivity contribution in [2.75, 3.05) is 7.11 Å². The van der Waals surface area contributed by atoms with Crippen molar-refractivity contribution >= 4 is 11.8 Å². The highest BCUT2D eigenvalue weighted by Gasteiger charge is 2.23. The lowest BCUT2D eigenvalue weighted by atomic mass is 9.98. The molecule has 0 aromatic heterocycles. The zero-order valence-electron chi connectivity index (χ0n) is 14.2. The SMILES string of the molecule is COc1cc(O)c2c(c1)CC(=O)CCCC/C=C/C[C@@H](C)OC2=O. The molecule has 5 heteroatoms. The van der Waals surface area contributed by atoms with Crippen LogP contribution in [0.4, 0.5) is 0 Å². The van der Waals surface area contributed by atoms with Gasteiger partial charge in [0.05, 0.1) is 7.11 Å². The number of benzene rings is 1. The first-order valence-corrected chi connectivity index (χ1v) is 8.28. The monoisotopic (exact) mass is 332 g/mol. The van der Waals surface area contributed by atoms with Crippen LogP contribution >= 0.6 is 0 Å². The van der Waals surface area contributed by atoms with Crippen molar-refractivity contribution < 1.29 is 24.2 Å². The van der Waals surface area contributed by atoms with Crippen LogP contribution in [-0.2, 0) is 16.0 Å². The van der Waals surface area contributed by atoms with Crippen LogP contribution in [0.25, 0.3) is 0 Å². The number of esters is 1. The Morgan fingerprint density at radius 2 is 2.00 bits per heavy atom. The molecule has 24 heavy (non-hydrogen) atoms. The number of ketones is 1. The lowest BCUT2D eigenvalue weighted by Crippen LogP contribution is -2.17. The molecule has 0 saturated carbocycles. The van der Waals surface area contributed by atoms with E-state index < -0.39 is 5.97 Å². The lowest BCUT2D eigenvalue weighted by Gasteiger charge is -2.16. The Hall–Kier alpha value is -2.30. The summed E-state index contributed by atoms with van der Waals surface area (Å²) in [6.45, 7) is 1.81. The van der Waals surface area contributed by atoms with Gasteiger partial charge in [-0.2, -0.15) is 0 Å². The molecule has 1 aliphatic rings. The van der Waals surface area contributed by atoms with Gasteiger partial charge in [-0.05, 0) is 37.8 Å². The molecule has 0 fully saturated rings. The Labute approximate surface area is 142 Å². The average Bonchev–Trinajstić information content (AvgIpc) is 2.52. The summed E-state index contributed by atoms with van der Waals surface area (Å²) in [4.78, 5) is 24.7. The number of rotatable bonds is 1. The number of Topliss-reactive ketones (excluding diaryl/α,β-unsaturated/α-hetero) is 1. The minimum atomic E-state index is -0.615.